The fraction of sp³-hybridized carbons (Fsp3) is 0.556. The third-order valence-electron chi connectivity index (χ3n) is 1.49. The molecule has 0 unspecified atom stereocenters. The van der Waals surface area contributed by atoms with E-state index in [-0.39, 0.29) is 0 Å². The van der Waals surface area contributed by atoms with Gasteiger partial charge in [0, 0.05) is 11.6 Å². The highest BCUT2D eigenvalue weighted by Gasteiger charge is 2.07. The Morgan fingerprint density at radius 3 is 2.75 bits per heavy atom. The van der Waals surface area contributed by atoms with Crippen molar-refractivity contribution < 1.29 is 9.53 Å². The SMILES string of the molecule is CCCC/C(=C\C#N)C(=O)OC. The highest BCUT2D eigenvalue weighted by atomic mass is 16.5. The molecule has 0 saturated heterocycles. The van der Waals surface area contributed by atoms with Gasteiger partial charge in [0.1, 0.15) is 0 Å². The van der Waals surface area contributed by atoms with Crippen LogP contribution in [0.3, 0.4) is 0 Å². The van der Waals surface area contributed by atoms with Gasteiger partial charge in [0.05, 0.1) is 13.2 Å². The minimum atomic E-state index is -0.398. The van der Waals surface area contributed by atoms with E-state index in [9.17, 15) is 4.79 Å². The summed E-state index contributed by atoms with van der Waals surface area (Å²) in [6.45, 7) is 2.03. The Bertz CT molecular complexity index is 213. The van der Waals surface area contributed by atoms with Gasteiger partial charge in [-0.05, 0) is 12.8 Å². The number of nitriles is 1. The van der Waals surface area contributed by atoms with Crippen molar-refractivity contribution in [1.29, 1.82) is 5.26 Å². The summed E-state index contributed by atoms with van der Waals surface area (Å²) >= 11 is 0. The van der Waals surface area contributed by atoms with Crippen LogP contribution in [0.1, 0.15) is 26.2 Å². The average Bonchev–Trinajstić information content (AvgIpc) is 2.11. The minimum absolute atomic E-state index is 0.398. The summed E-state index contributed by atoms with van der Waals surface area (Å²) in [5.41, 5.74) is 0.460. The molecule has 0 aliphatic heterocycles. The molecule has 0 N–H and O–H groups in total. The predicted molar refractivity (Wildman–Crippen MR) is 45.2 cm³/mol. The Kier molecular flexibility index (Phi) is 5.72. The lowest BCUT2D eigenvalue weighted by molar-refractivity contribution is -0.136. The first-order valence-corrected chi connectivity index (χ1v) is 3.93. The molecule has 3 heteroatoms. The molecule has 0 bridgehead atoms. The maximum atomic E-state index is 11.0. The number of nitrogens with zero attached hydrogens (tertiary/aromatic N) is 1. The molecule has 0 amide bonds. The van der Waals surface area contributed by atoms with Crippen LogP contribution in [0.15, 0.2) is 11.6 Å². The van der Waals surface area contributed by atoms with Gasteiger partial charge < -0.3 is 4.74 Å². The molecular formula is C9H13NO2. The molecule has 0 aromatic rings. The number of hydrogen-bond donors (Lipinski definition) is 0. The molecule has 0 aromatic heterocycles. The zero-order valence-electron chi connectivity index (χ0n) is 7.46. The molecular weight excluding hydrogens is 154 g/mol. The number of hydrogen-bond acceptors (Lipinski definition) is 3. The Labute approximate surface area is 72.6 Å². The molecule has 0 aromatic carbocycles. The quantitative estimate of drug-likeness (QED) is 0.364. The number of esters is 1. The molecule has 0 saturated carbocycles. The zero-order valence-corrected chi connectivity index (χ0v) is 7.46. The first-order valence-electron chi connectivity index (χ1n) is 3.93. The lowest BCUT2D eigenvalue weighted by Crippen LogP contribution is -2.04. The van der Waals surface area contributed by atoms with Gasteiger partial charge in [-0.1, -0.05) is 13.3 Å². The average molecular weight is 167 g/mol. The van der Waals surface area contributed by atoms with E-state index in [0.717, 1.165) is 12.8 Å². The molecule has 0 rings (SSSR count). The Morgan fingerprint density at radius 1 is 1.67 bits per heavy atom. The second-order valence-electron chi connectivity index (χ2n) is 2.39. The summed E-state index contributed by atoms with van der Waals surface area (Å²) in [6, 6.07) is 1.83. The van der Waals surface area contributed by atoms with Gasteiger partial charge in [0.25, 0.3) is 0 Å². The van der Waals surface area contributed by atoms with Crippen molar-refractivity contribution in [2.45, 2.75) is 26.2 Å². The van der Waals surface area contributed by atoms with Gasteiger partial charge in [-0.3, -0.25) is 0 Å². The zero-order chi connectivity index (χ0) is 9.40. The van der Waals surface area contributed by atoms with Gasteiger partial charge in [-0.2, -0.15) is 5.26 Å². The maximum absolute atomic E-state index is 11.0. The summed E-state index contributed by atoms with van der Waals surface area (Å²) in [4.78, 5) is 11.0. The Balaban J connectivity index is 4.16. The monoisotopic (exact) mass is 167 g/mol. The van der Waals surface area contributed by atoms with E-state index in [2.05, 4.69) is 4.74 Å². The largest absolute Gasteiger partial charge is 0.466 e. The number of allylic oxidation sites excluding steroid dienone is 1. The van der Waals surface area contributed by atoms with Gasteiger partial charge in [-0.15, -0.1) is 0 Å². The van der Waals surface area contributed by atoms with Gasteiger partial charge in [-0.25, -0.2) is 4.79 Å². The van der Waals surface area contributed by atoms with Crippen molar-refractivity contribution in [1.82, 2.24) is 0 Å². The molecule has 12 heavy (non-hydrogen) atoms. The molecule has 0 heterocycles. The van der Waals surface area contributed by atoms with Crippen molar-refractivity contribution in [3.63, 3.8) is 0 Å². The van der Waals surface area contributed by atoms with Gasteiger partial charge >= 0.3 is 5.97 Å². The van der Waals surface area contributed by atoms with Crippen LogP contribution >= 0.6 is 0 Å². The number of unbranched alkanes of at least 4 members (excludes halogenated alkanes) is 1. The standard InChI is InChI=1S/C9H13NO2/c1-3-4-5-8(6-7-10)9(11)12-2/h6H,3-5H2,1-2H3/b8-6+. The first-order chi connectivity index (χ1) is 5.76. The van der Waals surface area contributed by atoms with Crippen LogP contribution in [0, 0.1) is 11.3 Å². The van der Waals surface area contributed by atoms with Crippen LogP contribution in [0.25, 0.3) is 0 Å². The third-order valence-corrected chi connectivity index (χ3v) is 1.49. The van der Waals surface area contributed by atoms with Gasteiger partial charge in [0.15, 0.2) is 0 Å². The molecule has 0 aliphatic carbocycles. The lowest BCUT2D eigenvalue weighted by atomic mass is 10.1. The normalized spacial score (nSPS) is 10.6. The number of rotatable bonds is 4. The fourth-order valence-electron chi connectivity index (χ4n) is 0.809. The van der Waals surface area contributed by atoms with Crippen LogP contribution in [0.2, 0.25) is 0 Å². The predicted octanol–water partition coefficient (Wildman–Crippen LogP) is 1.80. The van der Waals surface area contributed by atoms with E-state index in [1.54, 1.807) is 0 Å². The number of ether oxygens (including phenoxy) is 1. The van der Waals surface area contributed by atoms with E-state index >= 15 is 0 Å². The summed E-state index contributed by atoms with van der Waals surface area (Å²) in [6.07, 6.45) is 3.78. The van der Waals surface area contributed by atoms with Gasteiger partial charge in [0.2, 0.25) is 0 Å². The second-order valence-corrected chi connectivity index (χ2v) is 2.39. The van der Waals surface area contributed by atoms with E-state index < -0.39 is 5.97 Å². The molecule has 0 fully saturated rings. The number of carbonyl (C=O) groups is 1. The topological polar surface area (TPSA) is 50.1 Å². The molecule has 3 nitrogen and oxygen atoms in total. The van der Waals surface area contributed by atoms with Crippen LogP contribution in [-0.4, -0.2) is 13.1 Å². The molecule has 66 valence electrons. The first kappa shape index (κ1) is 10.7. The summed E-state index contributed by atoms with van der Waals surface area (Å²) in [5.74, 6) is -0.398. The summed E-state index contributed by atoms with van der Waals surface area (Å²) in [7, 11) is 1.32. The highest BCUT2D eigenvalue weighted by Crippen LogP contribution is 2.08. The summed E-state index contributed by atoms with van der Waals surface area (Å²) in [5, 5.41) is 8.35. The molecule has 0 aliphatic rings. The fourth-order valence-corrected chi connectivity index (χ4v) is 0.809. The molecule has 0 radical (unpaired) electrons. The van der Waals surface area contributed by atoms with Crippen molar-refractivity contribution in [2.75, 3.05) is 7.11 Å². The maximum Gasteiger partial charge on any atom is 0.334 e. The molecule has 0 atom stereocenters. The number of methoxy groups -OCH3 is 1. The minimum Gasteiger partial charge on any atom is -0.466 e. The number of carbonyl (C=O) groups excluding carboxylic acids is 1. The van der Waals surface area contributed by atoms with Crippen LogP contribution in [-0.2, 0) is 9.53 Å². The van der Waals surface area contributed by atoms with Crippen molar-refractivity contribution >= 4 is 5.97 Å². The van der Waals surface area contributed by atoms with Crippen LogP contribution in [0.5, 0.6) is 0 Å². The van der Waals surface area contributed by atoms with Crippen molar-refractivity contribution in [3.8, 4) is 6.07 Å². The Morgan fingerprint density at radius 2 is 2.33 bits per heavy atom. The van der Waals surface area contributed by atoms with E-state index in [1.807, 2.05) is 13.0 Å². The van der Waals surface area contributed by atoms with Crippen LogP contribution < -0.4 is 0 Å². The smallest absolute Gasteiger partial charge is 0.334 e. The van der Waals surface area contributed by atoms with Crippen molar-refractivity contribution in [3.05, 3.63) is 11.6 Å². The van der Waals surface area contributed by atoms with Crippen LogP contribution in [0.4, 0.5) is 0 Å². The van der Waals surface area contributed by atoms with Crippen molar-refractivity contribution in [2.24, 2.45) is 0 Å². The molecule has 0 spiro atoms. The third kappa shape index (κ3) is 3.77. The summed E-state index contributed by atoms with van der Waals surface area (Å²) < 4.78 is 4.50. The van der Waals surface area contributed by atoms with E-state index in [1.165, 1.54) is 13.2 Å². The lowest BCUT2D eigenvalue weighted by Gasteiger charge is -2.01. The second kappa shape index (κ2) is 6.41. The Hall–Kier alpha value is -1.30. The highest BCUT2D eigenvalue weighted by molar-refractivity contribution is 5.88. The van der Waals surface area contributed by atoms with E-state index in [0.29, 0.717) is 12.0 Å². The van der Waals surface area contributed by atoms with E-state index in [4.69, 9.17) is 5.26 Å².